The molecule has 0 aromatic heterocycles. The van der Waals surface area contributed by atoms with E-state index in [4.69, 9.17) is 10.5 Å². The summed E-state index contributed by atoms with van der Waals surface area (Å²) in [5, 5.41) is 1.80. The molecule has 1 amide bonds. The first-order valence-corrected chi connectivity index (χ1v) is 5.14. The Labute approximate surface area is 98.1 Å². The Kier molecular flexibility index (Phi) is 7.85. The second-order valence-electron chi connectivity index (χ2n) is 3.45. The van der Waals surface area contributed by atoms with Crippen LogP contribution >= 0.6 is 0 Å². The molecule has 0 aliphatic carbocycles. The van der Waals surface area contributed by atoms with Crippen molar-refractivity contribution < 1.29 is 22.7 Å². The Hall–Kier alpha value is -0.860. The number of alkyl halides is 3. The van der Waals surface area contributed by atoms with Gasteiger partial charge in [0.25, 0.3) is 0 Å². The van der Waals surface area contributed by atoms with Gasteiger partial charge < -0.3 is 15.8 Å². The lowest BCUT2D eigenvalue weighted by Crippen LogP contribution is -2.43. The number of carbonyl (C=O) groups is 1. The van der Waals surface area contributed by atoms with Gasteiger partial charge in [0.05, 0.1) is 13.2 Å². The van der Waals surface area contributed by atoms with Crippen molar-refractivity contribution in [2.24, 2.45) is 5.73 Å². The van der Waals surface area contributed by atoms with Crippen LogP contribution in [-0.4, -0.2) is 63.4 Å². The van der Waals surface area contributed by atoms with Gasteiger partial charge in [-0.2, -0.15) is 13.2 Å². The molecule has 0 saturated carbocycles. The highest BCUT2D eigenvalue weighted by Crippen LogP contribution is 2.11. The summed E-state index contributed by atoms with van der Waals surface area (Å²) >= 11 is 0. The molecule has 3 N–H and O–H groups in total. The summed E-state index contributed by atoms with van der Waals surface area (Å²) in [7, 11) is 1.50. The van der Waals surface area contributed by atoms with Gasteiger partial charge in [-0.3, -0.25) is 9.69 Å². The number of hydrogen-bond donors (Lipinski definition) is 2. The van der Waals surface area contributed by atoms with Crippen LogP contribution in [0.25, 0.3) is 0 Å². The Balaban J connectivity index is 3.94. The third-order valence-corrected chi connectivity index (χ3v) is 1.91. The fourth-order valence-corrected chi connectivity index (χ4v) is 1.13. The number of amides is 1. The Morgan fingerprint density at radius 1 is 1.41 bits per heavy atom. The highest BCUT2D eigenvalue weighted by Gasteiger charge is 2.27. The zero-order valence-corrected chi connectivity index (χ0v) is 9.72. The molecule has 0 fully saturated rings. The van der Waals surface area contributed by atoms with Crippen LogP contribution in [0.1, 0.15) is 0 Å². The van der Waals surface area contributed by atoms with E-state index < -0.39 is 18.6 Å². The number of methoxy groups -OCH3 is 1. The van der Waals surface area contributed by atoms with E-state index in [1.165, 1.54) is 7.11 Å². The average Bonchev–Trinajstić information content (AvgIpc) is 2.22. The predicted octanol–water partition coefficient (Wildman–Crippen LogP) is -0.428. The SMILES string of the molecule is COCCN(CCN)CC(=O)NCC(F)(F)F. The molecule has 102 valence electrons. The maximum atomic E-state index is 11.8. The summed E-state index contributed by atoms with van der Waals surface area (Å²) in [6.45, 7) is 0.183. The molecular weight excluding hydrogens is 239 g/mol. The third-order valence-electron chi connectivity index (χ3n) is 1.91. The minimum atomic E-state index is -4.39. The number of rotatable bonds is 8. The normalized spacial score (nSPS) is 11.9. The molecule has 0 aromatic carbocycles. The van der Waals surface area contributed by atoms with Crippen LogP contribution in [0, 0.1) is 0 Å². The van der Waals surface area contributed by atoms with Gasteiger partial charge in [-0.05, 0) is 0 Å². The van der Waals surface area contributed by atoms with Crippen molar-refractivity contribution in [2.45, 2.75) is 6.18 Å². The zero-order chi connectivity index (χ0) is 13.3. The topological polar surface area (TPSA) is 67.6 Å². The van der Waals surface area contributed by atoms with Crippen LogP contribution < -0.4 is 11.1 Å². The molecule has 0 atom stereocenters. The van der Waals surface area contributed by atoms with Gasteiger partial charge in [-0.15, -0.1) is 0 Å². The van der Waals surface area contributed by atoms with Gasteiger partial charge in [0.2, 0.25) is 5.91 Å². The lowest BCUT2D eigenvalue weighted by atomic mass is 10.4. The van der Waals surface area contributed by atoms with Crippen molar-refractivity contribution in [3.63, 3.8) is 0 Å². The van der Waals surface area contributed by atoms with Gasteiger partial charge in [0.1, 0.15) is 6.54 Å². The fourth-order valence-electron chi connectivity index (χ4n) is 1.13. The highest BCUT2D eigenvalue weighted by atomic mass is 19.4. The monoisotopic (exact) mass is 257 g/mol. The van der Waals surface area contributed by atoms with Crippen molar-refractivity contribution in [1.82, 2.24) is 10.2 Å². The first-order valence-electron chi connectivity index (χ1n) is 5.14. The number of halogens is 3. The Bertz CT molecular complexity index is 224. The molecule has 0 bridgehead atoms. The molecule has 0 aromatic rings. The summed E-state index contributed by atoms with van der Waals surface area (Å²) in [6.07, 6.45) is -4.39. The summed E-state index contributed by atoms with van der Waals surface area (Å²) in [4.78, 5) is 12.8. The summed E-state index contributed by atoms with van der Waals surface area (Å²) in [5.74, 6) is -0.674. The quantitative estimate of drug-likeness (QED) is 0.619. The molecule has 0 aliphatic rings. The number of ether oxygens (including phenoxy) is 1. The molecule has 0 saturated heterocycles. The minimum Gasteiger partial charge on any atom is -0.383 e. The first-order chi connectivity index (χ1) is 7.89. The van der Waals surface area contributed by atoms with E-state index in [2.05, 4.69) is 0 Å². The van der Waals surface area contributed by atoms with Crippen LogP contribution in [-0.2, 0) is 9.53 Å². The van der Waals surface area contributed by atoms with Crippen molar-refractivity contribution in [2.75, 3.05) is 46.4 Å². The van der Waals surface area contributed by atoms with E-state index in [0.29, 0.717) is 26.2 Å². The van der Waals surface area contributed by atoms with E-state index in [-0.39, 0.29) is 6.54 Å². The zero-order valence-electron chi connectivity index (χ0n) is 9.72. The van der Waals surface area contributed by atoms with Gasteiger partial charge in [0, 0.05) is 26.7 Å². The Morgan fingerprint density at radius 3 is 2.53 bits per heavy atom. The molecule has 5 nitrogen and oxygen atoms in total. The maximum Gasteiger partial charge on any atom is 0.405 e. The van der Waals surface area contributed by atoms with Crippen molar-refractivity contribution in [3.05, 3.63) is 0 Å². The highest BCUT2D eigenvalue weighted by molar-refractivity contribution is 5.78. The summed E-state index contributed by atoms with van der Waals surface area (Å²) in [6, 6.07) is 0. The van der Waals surface area contributed by atoms with Crippen molar-refractivity contribution >= 4 is 5.91 Å². The van der Waals surface area contributed by atoms with Crippen molar-refractivity contribution in [1.29, 1.82) is 0 Å². The third kappa shape index (κ3) is 10.0. The van der Waals surface area contributed by atoms with Crippen LogP contribution in [0.15, 0.2) is 0 Å². The minimum absolute atomic E-state index is 0.114. The lowest BCUT2D eigenvalue weighted by Gasteiger charge is -2.20. The molecule has 0 spiro atoms. The number of nitrogens with one attached hydrogen (secondary N) is 1. The predicted molar refractivity (Wildman–Crippen MR) is 56.4 cm³/mol. The lowest BCUT2D eigenvalue weighted by molar-refractivity contribution is -0.139. The molecule has 0 heterocycles. The smallest absolute Gasteiger partial charge is 0.383 e. The van der Waals surface area contributed by atoms with E-state index in [1.54, 1.807) is 10.2 Å². The standard InChI is InChI=1S/C9H18F3N3O2/c1-17-5-4-15(3-2-13)6-8(16)14-7-9(10,11)12/h2-7,13H2,1H3,(H,14,16). The number of nitrogens with zero attached hydrogens (tertiary/aromatic N) is 1. The van der Waals surface area contributed by atoms with Crippen LogP contribution in [0.4, 0.5) is 13.2 Å². The Morgan fingerprint density at radius 2 is 2.06 bits per heavy atom. The summed E-state index contributed by atoms with van der Waals surface area (Å²) in [5.41, 5.74) is 5.33. The van der Waals surface area contributed by atoms with E-state index in [0.717, 1.165) is 0 Å². The van der Waals surface area contributed by atoms with Gasteiger partial charge >= 0.3 is 6.18 Å². The molecular formula is C9H18F3N3O2. The molecule has 0 rings (SSSR count). The number of nitrogens with two attached hydrogens (primary N) is 1. The molecule has 0 aliphatic heterocycles. The second-order valence-corrected chi connectivity index (χ2v) is 3.45. The molecule has 0 unspecified atom stereocenters. The van der Waals surface area contributed by atoms with Gasteiger partial charge in [-0.1, -0.05) is 0 Å². The van der Waals surface area contributed by atoms with Crippen molar-refractivity contribution in [3.8, 4) is 0 Å². The van der Waals surface area contributed by atoms with Crippen LogP contribution in [0.3, 0.4) is 0 Å². The first kappa shape index (κ1) is 16.1. The van der Waals surface area contributed by atoms with E-state index in [9.17, 15) is 18.0 Å². The summed E-state index contributed by atoms with van der Waals surface area (Å²) < 4.78 is 40.3. The number of hydrogen-bond acceptors (Lipinski definition) is 4. The maximum absolute atomic E-state index is 11.8. The van der Waals surface area contributed by atoms with E-state index >= 15 is 0 Å². The number of carbonyl (C=O) groups excluding carboxylic acids is 1. The van der Waals surface area contributed by atoms with Crippen LogP contribution in [0.5, 0.6) is 0 Å². The van der Waals surface area contributed by atoms with E-state index in [1.807, 2.05) is 0 Å². The fraction of sp³-hybridized carbons (Fsp3) is 0.889. The molecule has 17 heavy (non-hydrogen) atoms. The van der Waals surface area contributed by atoms with Crippen LogP contribution in [0.2, 0.25) is 0 Å². The average molecular weight is 257 g/mol. The van der Waals surface area contributed by atoms with Gasteiger partial charge in [0.15, 0.2) is 0 Å². The second kappa shape index (κ2) is 8.26. The largest absolute Gasteiger partial charge is 0.405 e. The van der Waals surface area contributed by atoms with Gasteiger partial charge in [-0.25, -0.2) is 0 Å². The molecule has 8 heteroatoms. The molecule has 0 radical (unpaired) electrons.